The molecule has 31 heavy (non-hydrogen) atoms. The number of Topliss-reactive ketones (excluding diaryl/α,β-unsaturated/α-hetero) is 1. The highest BCUT2D eigenvalue weighted by Gasteiger charge is 2.61. The monoisotopic (exact) mass is 424 g/mol. The standard InChI is InChI=1S/C24H24O7/c1-14(2)4-6-17-12-15(5-11-19(17)26)13-24(23(29)30-3)20(21(27)22(28)31-24)16-7-9-18(25)10-8-16/h4-5,7-12,20,25-26H,6,13H2,1-3H3/t20?,24-/m0/s1. The minimum absolute atomic E-state index is 0.0208. The zero-order valence-electron chi connectivity index (χ0n) is 17.5. The molecule has 1 aliphatic rings. The van der Waals surface area contributed by atoms with Gasteiger partial charge < -0.3 is 19.7 Å². The highest BCUT2D eigenvalue weighted by molar-refractivity contribution is 6.39. The zero-order chi connectivity index (χ0) is 22.8. The summed E-state index contributed by atoms with van der Waals surface area (Å²) in [6.45, 7) is 3.89. The van der Waals surface area contributed by atoms with Crippen LogP contribution in [0.5, 0.6) is 11.5 Å². The van der Waals surface area contributed by atoms with Crippen molar-refractivity contribution in [3.63, 3.8) is 0 Å². The topological polar surface area (TPSA) is 110 Å². The van der Waals surface area contributed by atoms with E-state index in [1.165, 1.54) is 30.3 Å². The van der Waals surface area contributed by atoms with Crippen LogP contribution in [0.3, 0.4) is 0 Å². The molecule has 0 bridgehead atoms. The molecule has 0 aliphatic carbocycles. The number of aromatic hydroxyl groups is 2. The van der Waals surface area contributed by atoms with E-state index < -0.39 is 29.2 Å². The number of benzene rings is 2. The second kappa shape index (κ2) is 8.63. The first-order valence-corrected chi connectivity index (χ1v) is 9.76. The van der Waals surface area contributed by atoms with Crippen molar-refractivity contribution in [1.29, 1.82) is 0 Å². The van der Waals surface area contributed by atoms with Crippen LogP contribution in [-0.4, -0.2) is 40.6 Å². The third-order valence-corrected chi connectivity index (χ3v) is 5.30. The number of phenols is 2. The van der Waals surface area contributed by atoms with Crippen LogP contribution in [-0.2, 0) is 36.7 Å². The van der Waals surface area contributed by atoms with Crippen LogP contribution >= 0.6 is 0 Å². The summed E-state index contributed by atoms with van der Waals surface area (Å²) in [5.41, 5.74) is 0.758. The lowest BCUT2D eigenvalue weighted by atomic mass is 9.77. The Morgan fingerprint density at radius 2 is 1.81 bits per heavy atom. The van der Waals surface area contributed by atoms with Gasteiger partial charge in [-0.25, -0.2) is 9.59 Å². The summed E-state index contributed by atoms with van der Waals surface area (Å²) < 4.78 is 10.3. The molecule has 0 saturated carbocycles. The molecule has 0 radical (unpaired) electrons. The van der Waals surface area contributed by atoms with Gasteiger partial charge in [0.05, 0.1) is 7.11 Å². The van der Waals surface area contributed by atoms with Gasteiger partial charge in [0.1, 0.15) is 17.4 Å². The van der Waals surface area contributed by atoms with E-state index in [1.54, 1.807) is 12.1 Å². The van der Waals surface area contributed by atoms with Crippen LogP contribution in [0, 0.1) is 0 Å². The summed E-state index contributed by atoms with van der Waals surface area (Å²) in [6, 6.07) is 10.5. The minimum Gasteiger partial charge on any atom is -0.508 e. The highest BCUT2D eigenvalue weighted by atomic mass is 16.6. The number of ketones is 1. The van der Waals surface area contributed by atoms with Crippen molar-refractivity contribution in [3.8, 4) is 11.5 Å². The van der Waals surface area contributed by atoms with E-state index in [2.05, 4.69) is 0 Å². The molecule has 0 spiro atoms. The third-order valence-electron chi connectivity index (χ3n) is 5.30. The number of methoxy groups -OCH3 is 1. The van der Waals surface area contributed by atoms with E-state index in [-0.39, 0.29) is 17.9 Å². The molecule has 2 aromatic rings. The fraction of sp³-hybridized carbons (Fsp3) is 0.292. The summed E-state index contributed by atoms with van der Waals surface area (Å²) >= 11 is 0. The Morgan fingerprint density at radius 3 is 2.42 bits per heavy atom. The maximum Gasteiger partial charge on any atom is 0.376 e. The van der Waals surface area contributed by atoms with Gasteiger partial charge in [-0.05, 0) is 55.2 Å². The number of allylic oxidation sites excluding steroid dienone is 2. The third kappa shape index (κ3) is 4.30. The first-order valence-electron chi connectivity index (χ1n) is 9.76. The van der Waals surface area contributed by atoms with Crippen molar-refractivity contribution >= 4 is 17.7 Å². The number of carbonyl (C=O) groups excluding carboxylic acids is 3. The average Bonchev–Trinajstić information content (AvgIpc) is 2.99. The molecular formula is C24H24O7. The number of cyclic esters (lactones) is 1. The molecule has 2 atom stereocenters. The van der Waals surface area contributed by atoms with E-state index >= 15 is 0 Å². The number of ether oxygens (including phenoxy) is 2. The second-order valence-corrected chi connectivity index (χ2v) is 7.78. The average molecular weight is 424 g/mol. The number of hydrogen-bond acceptors (Lipinski definition) is 7. The van der Waals surface area contributed by atoms with Gasteiger partial charge in [0.25, 0.3) is 5.78 Å². The molecule has 2 aromatic carbocycles. The molecule has 0 aromatic heterocycles. The van der Waals surface area contributed by atoms with E-state index in [9.17, 15) is 24.6 Å². The van der Waals surface area contributed by atoms with Crippen LogP contribution in [0.15, 0.2) is 54.1 Å². The smallest absolute Gasteiger partial charge is 0.376 e. The number of phenolic OH excluding ortho intramolecular Hbond substituents is 2. The van der Waals surface area contributed by atoms with Crippen LogP contribution in [0.1, 0.15) is 36.5 Å². The van der Waals surface area contributed by atoms with Crippen LogP contribution < -0.4 is 0 Å². The lowest BCUT2D eigenvalue weighted by molar-refractivity contribution is -0.173. The van der Waals surface area contributed by atoms with E-state index in [0.29, 0.717) is 23.1 Å². The van der Waals surface area contributed by atoms with Gasteiger partial charge in [-0.1, -0.05) is 35.9 Å². The predicted molar refractivity (Wildman–Crippen MR) is 112 cm³/mol. The molecule has 1 aliphatic heterocycles. The van der Waals surface area contributed by atoms with Crippen molar-refractivity contribution in [2.45, 2.75) is 38.2 Å². The summed E-state index contributed by atoms with van der Waals surface area (Å²) in [6.07, 6.45) is 2.31. The Kier molecular flexibility index (Phi) is 6.15. The Hall–Kier alpha value is -3.61. The maximum atomic E-state index is 12.9. The van der Waals surface area contributed by atoms with Gasteiger partial charge in [-0.2, -0.15) is 0 Å². The molecule has 1 unspecified atom stereocenters. The van der Waals surface area contributed by atoms with E-state index in [0.717, 1.165) is 12.7 Å². The summed E-state index contributed by atoms with van der Waals surface area (Å²) in [7, 11) is 1.16. The van der Waals surface area contributed by atoms with Gasteiger partial charge >= 0.3 is 11.9 Å². The molecule has 162 valence electrons. The van der Waals surface area contributed by atoms with Gasteiger partial charge in [0, 0.05) is 6.42 Å². The quantitative estimate of drug-likeness (QED) is 0.417. The van der Waals surface area contributed by atoms with Crippen molar-refractivity contribution in [2.24, 2.45) is 0 Å². The first-order chi connectivity index (χ1) is 14.7. The van der Waals surface area contributed by atoms with E-state index in [4.69, 9.17) is 9.47 Å². The summed E-state index contributed by atoms with van der Waals surface area (Å²) in [5.74, 6) is -3.99. The van der Waals surface area contributed by atoms with Gasteiger partial charge in [-0.3, -0.25) is 4.79 Å². The molecular weight excluding hydrogens is 400 g/mol. The number of esters is 2. The fourth-order valence-corrected chi connectivity index (χ4v) is 3.76. The van der Waals surface area contributed by atoms with Crippen LogP contribution in [0.4, 0.5) is 0 Å². The van der Waals surface area contributed by atoms with Gasteiger partial charge in [0.2, 0.25) is 5.60 Å². The maximum absolute atomic E-state index is 12.9. The molecule has 0 amide bonds. The Morgan fingerprint density at radius 1 is 1.13 bits per heavy atom. The minimum atomic E-state index is -1.90. The fourth-order valence-electron chi connectivity index (χ4n) is 3.76. The van der Waals surface area contributed by atoms with Crippen molar-refractivity contribution in [3.05, 3.63) is 70.8 Å². The van der Waals surface area contributed by atoms with Crippen LogP contribution in [0.25, 0.3) is 0 Å². The predicted octanol–water partition coefficient (Wildman–Crippen LogP) is 2.97. The van der Waals surface area contributed by atoms with Crippen LogP contribution in [0.2, 0.25) is 0 Å². The first kappa shape index (κ1) is 22.1. The molecule has 3 rings (SSSR count). The molecule has 1 heterocycles. The number of rotatable bonds is 6. The summed E-state index contributed by atoms with van der Waals surface area (Å²) in [4.78, 5) is 37.9. The highest BCUT2D eigenvalue weighted by Crippen LogP contribution is 2.42. The molecule has 1 saturated heterocycles. The normalized spacial score (nSPS) is 20.3. The Labute approximate surface area is 179 Å². The van der Waals surface area contributed by atoms with Gasteiger partial charge in [0.15, 0.2) is 0 Å². The van der Waals surface area contributed by atoms with Crippen molar-refractivity contribution in [2.75, 3.05) is 7.11 Å². The van der Waals surface area contributed by atoms with Gasteiger partial charge in [-0.15, -0.1) is 0 Å². The molecule has 1 fully saturated rings. The Bertz CT molecular complexity index is 1050. The lowest BCUT2D eigenvalue weighted by Crippen LogP contribution is -2.47. The zero-order valence-corrected chi connectivity index (χ0v) is 17.5. The SMILES string of the molecule is COC(=O)[C@@]1(Cc2ccc(O)c(CC=C(C)C)c2)OC(=O)C(=O)C1c1ccc(O)cc1. The summed E-state index contributed by atoms with van der Waals surface area (Å²) in [5, 5.41) is 19.8. The van der Waals surface area contributed by atoms with Crippen molar-refractivity contribution in [1.82, 2.24) is 0 Å². The molecule has 2 N–H and O–H groups in total. The lowest BCUT2D eigenvalue weighted by Gasteiger charge is -2.30. The van der Waals surface area contributed by atoms with E-state index in [1.807, 2.05) is 19.9 Å². The molecule has 7 nitrogen and oxygen atoms in total. The largest absolute Gasteiger partial charge is 0.508 e. The van der Waals surface area contributed by atoms with Crippen molar-refractivity contribution < 1.29 is 34.1 Å². The Balaban J connectivity index is 2.08. The molecule has 7 heteroatoms. The second-order valence-electron chi connectivity index (χ2n) is 7.78. The number of hydrogen-bond donors (Lipinski definition) is 2. The number of carbonyl (C=O) groups is 3.